The number of carbonyl (C=O) groups is 1. The van der Waals surface area contributed by atoms with Gasteiger partial charge >= 0.3 is 0 Å². The topological polar surface area (TPSA) is 83.8 Å². The fraction of sp³-hybridized carbons (Fsp3) is 0.111. The van der Waals surface area contributed by atoms with Crippen molar-refractivity contribution in [1.82, 2.24) is 9.99 Å². The number of anilines is 1. The Bertz CT molecular complexity index is 1620. The normalized spacial score (nSPS) is 11.6. The van der Waals surface area contributed by atoms with Crippen molar-refractivity contribution in [2.75, 3.05) is 10.8 Å². The number of hydrogen-bond donors (Lipinski definition) is 1. The van der Waals surface area contributed by atoms with Gasteiger partial charge in [0.25, 0.3) is 15.9 Å². The molecule has 4 rings (SSSR count). The monoisotopic (exact) mass is 572 g/mol. The molecule has 0 unspecified atom stereocenters. The van der Waals surface area contributed by atoms with Gasteiger partial charge in [-0.1, -0.05) is 59.6 Å². The number of nitrogens with zero attached hydrogens (tertiary/aromatic N) is 3. The third-order valence-corrected chi connectivity index (χ3v) is 8.36. The summed E-state index contributed by atoms with van der Waals surface area (Å²) in [7, 11) is -4.17. The van der Waals surface area contributed by atoms with Crippen LogP contribution in [0.1, 0.15) is 17.0 Å². The number of carbonyl (C=O) groups excluding carboxylic acids is 1. The van der Waals surface area contributed by atoms with Gasteiger partial charge in [-0.2, -0.15) is 5.10 Å². The van der Waals surface area contributed by atoms with Crippen LogP contribution in [0, 0.1) is 19.7 Å². The van der Waals surface area contributed by atoms with Gasteiger partial charge in [-0.3, -0.25) is 9.10 Å². The molecule has 1 aromatic heterocycles. The van der Waals surface area contributed by atoms with Crippen LogP contribution in [0.4, 0.5) is 10.1 Å². The molecule has 0 atom stereocenters. The van der Waals surface area contributed by atoms with Crippen molar-refractivity contribution in [2.45, 2.75) is 18.7 Å². The lowest BCUT2D eigenvalue weighted by Crippen LogP contribution is -2.39. The van der Waals surface area contributed by atoms with E-state index in [2.05, 4.69) is 10.5 Å². The highest BCUT2D eigenvalue weighted by Crippen LogP contribution is 2.35. The Morgan fingerprint density at radius 1 is 1.03 bits per heavy atom. The number of hydrogen-bond acceptors (Lipinski definition) is 4. The zero-order valence-electron chi connectivity index (χ0n) is 20.4. The second kappa shape index (κ2) is 11.4. The molecule has 1 amide bonds. The fourth-order valence-corrected chi connectivity index (χ4v) is 5.87. The number of sulfonamides is 1. The fourth-order valence-electron chi connectivity index (χ4n) is 3.97. The summed E-state index contributed by atoms with van der Waals surface area (Å²) in [5.74, 6) is -1.08. The molecule has 0 spiro atoms. The second-order valence-corrected chi connectivity index (χ2v) is 11.0. The lowest BCUT2D eigenvalue weighted by atomic mass is 10.2. The smallest absolute Gasteiger partial charge is 0.264 e. The first-order valence-corrected chi connectivity index (χ1v) is 13.6. The summed E-state index contributed by atoms with van der Waals surface area (Å²) < 4.78 is 43.9. The minimum atomic E-state index is -4.17. The SMILES string of the molecule is Cc1cc(/C=N/NC(=O)CN(c2cccc(Cl)c2Cl)S(=O)(=O)c2ccccc2)c(C)n1-c1ccccc1F. The summed E-state index contributed by atoms with van der Waals surface area (Å²) in [6.07, 6.45) is 1.42. The van der Waals surface area contributed by atoms with E-state index in [0.29, 0.717) is 16.9 Å². The lowest BCUT2D eigenvalue weighted by Gasteiger charge is -2.24. The Kier molecular flexibility index (Phi) is 8.20. The van der Waals surface area contributed by atoms with Crippen LogP contribution in [0.25, 0.3) is 5.69 Å². The molecule has 0 saturated carbocycles. The average molecular weight is 573 g/mol. The minimum absolute atomic E-state index is 0.00874. The van der Waals surface area contributed by atoms with E-state index in [1.807, 2.05) is 6.92 Å². The molecule has 0 fully saturated rings. The van der Waals surface area contributed by atoms with Crippen LogP contribution >= 0.6 is 23.2 Å². The van der Waals surface area contributed by atoms with Gasteiger partial charge in [-0.25, -0.2) is 18.2 Å². The van der Waals surface area contributed by atoms with Crippen molar-refractivity contribution in [3.63, 3.8) is 0 Å². The van der Waals surface area contributed by atoms with Crippen LogP contribution in [-0.4, -0.2) is 31.7 Å². The predicted molar refractivity (Wildman–Crippen MR) is 148 cm³/mol. The van der Waals surface area contributed by atoms with Crippen molar-refractivity contribution in [3.05, 3.63) is 112 Å². The largest absolute Gasteiger partial charge is 0.315 e. The Morgan fingerprint density at radius 3 is 2.42 bits per heavy atom. The van der Waals surface area contributed by atoms with Crippen molar-refractivity contribution >= 4 is 51.0 Å². The summed E-state index contributed by atoms with van der Waals surface area (Å²) in [5, 5.41) is 4.13. The highest BCUT2D eigenvalue weighted by molar-refractivity contribution is 7.92. The molecule has 0 saturated heterocycles. The summed E-state index contributed by atoms with van der Waals surface area (Å²) >= 11 is 12.4. The first kappa shape index (κ1) is 27.4. The van der Waals surface area contributed by atoms with E-state index in [9.17, 15) is 17.6 Å². The summed E-state index contributed by atoms with van der Waals surface area (Å²) in [6, 6.07) is 20.4. The number of benzene rings is 3. The molecule has 0 aliphatic heterocycles. The molecule has 196 valence electrons. The van der Waals surface area contributed by atoms with Crippen molar-refractivity contribution < 1.29 is 17.6 Å². The number of hydrazone groups is 1. The Balaban J connectivity index is 1.58. The number of para-hydroxylation sites is 1. The van der Waals surface area contributed by atoms with Crippen LogP contribution in [-0.2, 0) is 14.8 Å². The van der Waals surface area contributed by atoms with E-state index in [4.69, 9.17) is 23.2 Å². The minimum Gasteiger partial charge on any atom is -0.315 e. The number of aromatic nitrogens is 1. The summed E-state index contributed by atoms with van der Waals surface area (Å²) in [6.45, 7) is 3.03. The Labute approximate surface area is 230 Å². The van der Waals surface area contributed by atoms with Gasteiger partial charge in [0.15, 0.2) is 0 Å². The first-order chi connectivity index (χ1) is 18.1. The maximum absolute atomic E-state index is 14.4. The number of rotatable bonds is 8. The van der Waals surface area contributed by atoms with E-state index in [-0.39, 0.29) is 26.4 Å². The van der Waals surface area contributed by atoms with Crippen molar-refractivity contribution in [3.8, 4) is 5.69 Å². The predicted octanol–water partition coefficient (Wildman–Crippen LogP) is 5.89. The molecule has 1 heterocycles. The van der Waals surface area contributed by atoms with Gasteiger partial charge in [0.1, 0.15) is 12.4 Å². The van der Waals surface area contributed by atoms with Gasteiger partial charge in [0, 0.05) is 17.0 Å². The van der Waals surface area contributed by atoms with Gasteiger partial charge < -0.3 is 4.57 Å². The van der Waals surface area contributed by atoms with Crippen LogP contribution in [0.2, 0.25) is 10.0 Å². The van der Waals surface area contributed by atoms with Gasteiger partial charge in [-0.05, 0) is 56.3 Å². The Morgan fingerprint density at radius 2 is 1.71 bits per heavy atom. The zero-order chi connectivity index (χ0) is 27.4. The van der Waals surface area contributed by atoms with Crippen molar-refractivity contribution in [1.29, 1.82) is 0 Å². The van der Waals surface area contributed by atoms with E-state index in [1.54, 1.807) is 60.0 Å². The molecular weight excluding hydrogens is 550 g/mol. The number of halogens is 3. The highest BCUT2D eigenvalue weighted by atomic mass is 35.5. The second-order valence-electron chi connectivity index (χ2n) is 8.30. The molecule has 3 aromatic carbocycles. The number of amides is 1. The molecule has 1 N–H and O–H groups in total. The van der Waals surface area contributed by atoms with Crippen LogP contribution in [0.15, 0.2) is 88.9 Å². The molecule has 7 nitrogen and oxygen atoms in total. The number of nitrogens with one attached hydrogen (secondary N) is 1. The molecule has 11 heteroatoms. The maximum atomic E-state index is 14.4. The van der Waals surface area contributed by atoms with E-state index in [1.165, 1.54) is 36.5 Å². The van der Waals surface area contributed by atoms with Gasteiger partial charge in [0.2, 0.25) is 0 Å². The highest BCUT2D eigenvalue weighted by Gasteiger charge is 2.29. The molecule has 4 aromatic rings. The zero-order valence-corrected chi connectivity index (χ0v) is 22.7. The summed E-state index contributed by atoms with van der Waals surface area (Å²) in [5.41, 5.74) is 4.94. The molecular formula is C27H23Cl2FN4O3S. The standard InChI is InChI=1S/C27H23Cl2FN4O3S/c1-18-15-20(19(2)34(18)24-13-7-6-12-23(24)30)16-31-32-26(35)17-33(25-14-8-11-22(28)27(25)29)38(36,37)21-9-4-3-5-10-21/h3-16H,17H2,1-2H3,(H,32,35)/b31-16+. The van der Waals surface area contributed by atoms with Crippen molar-refractivity contribution in [2.24, 2.45) is 5.10 Å². The van der Waals surface area contributed by atoms with Gasteiger partial charge in [-0.15, -0.1) is 0 Å². The van der Waals surface area contributed by atoms with E-state index < -0.39 is 22.5 Å². The Hall–Kier alpha value is -3.66. The first-order valence-electron chi connectivity index (χ1n) is 11.4. The summed E-state index contributed by atoms with van der Waals surface area (Å²) in [4.78, 5) is 12.8. The van der Waals surface area contributed by atoms with Gasteiger partial charge in [0.05, 0.1) is 32.5 Å². The lowest BCUT2D eigenvalue weighted by molar-refractivity contribution is -0.119. The van der Waals surface area contributed by atoms with Crippen LogP contribution in [0.3, 0.4) is 0 Å². The van der Waals surface area contributed by atoms with E-state index >= 15 is 0 Å². The van der Waals surface area contributed by atoms with Crippen LogP contribution in [0.5, 0.6) is 0 Å². The van der Waals surface area contributed by atoms with E-state index in [0.717, 1.165) is 10.00 Å². The molecule has 0 aliphatic rings. The molecule has 38 heavy (non-hydrogen) atoms. The third-order valence-electron chi connectivity index (χ3n) is 5.77. The van der Waals surface area contributed by atoms with Crippen LogP contribution < -0.4 is 9.73 Å². The average Bonchev–Trinajstić information content (AvgIpc) is 3.17. The molecule has 0 bridgehead atoms. The number of aryl methyl sites for hydroxylation is 1. The third kappa shape index (κ3) is 5.60. The maximum Gasteiger partial charge on any atom is 0.264 e. The molecule has 0 radical (unpaired) electrons. The quantitative estimate of drug-likeness (QED) is 0.211. The molecule has 0 aliphatic carbocycles.